The average molecular weight is 305 g/mol. The van der Waals surface area contributed by atoms with Gasteiger partial charge in [0.1, 0.15) is 10.7 Å². The summed E-state index contributed by atoms with van der Waals surface area (Å²) < 4.78 is 48.8. The summed E-state index contributed by atoms with van der Waals surface area (Å²) in [4.78, 5) is 3.73. The fourth-order valence-corrected chi connectivity index (χ4v) is 4.82. The lowest BCUT2D eigenvalue weighted by atomic mass is 10.1. The maximum Gasteiger partial charge on any atom is 0.242 e. The molecule has 7 nitrogen and oxygen atoms in total. The number of anilines is 1. The van der Waals surface area contributed by atoms with E-state index in [4.69, 9.17) is 5.73 Å². The third-order valence-electron chi connectivity index (χ3n) is 2.96. The zero-order chi connectivity index (χ0) is 14.1. The smallest absolute Gasteiger partial charge is 0.242 e. The van der Waals surface area contributed by atoms with Gasteiger partial charge in [-0.2, -0.15) is 0 Å². The van der Waals surface area contributed by atoms with Gasteiger partial charge in [-0.1, -0.05) is 0 Å². The van der Waals surface area contributed by atoms with Gasteiger partial charge in [0, 0.05) is 12.7 Å². The van der Waals surface area contributed by atoms with Crippen molar-refractivity contribution in [3.05, 3.63) is 18.3 Å². The molecule has 0 saturated carbocycles. The fraction of sp³-hybridized carbons (Fsp3) is 0.500. The van der Waals surface area contributed by atoms with Gasteiger partial charge >= 0.3 is 0 Å². The Hall–Kier alpha value is -1.19. The molecule has 9 heteroatoms. The number of hydrogen-bond donors (Lipinski definition) is 2. The van der Waals surface area contributed by atoms with Gasteiger partial charge in [-0.3, -0.25) is 0 Å². The Morgan fingerprint density at radius 1 is 1.42 bits per heavy atom. The Kier molecular flexibility index (Phi) is 3.79. The molecule has 1 unspecified atom stereocenters. The number of sulfonamides is 1. The van der Waals surface area contributed by atoms with Gasteiger partial charge in [-0.25, -0.2) is 26.5 Å². The summed E-state index contributed by atoms with van der Waals surface area (Å²) in [6.45, 7) is 0.117. The van der Waals surface area contributed by atoms with Crippen LogP contribution in [0.3, 0.4) is 0 Å². The number of nitrogens with zero attached hydrogens (tertiary/aromatic N) is 1. The van der Waals surface area contributed by atoms with E-state index in [9.17, 15) is 16.8 Å². The van der Waals surface area contributed by atoms with Crippen molar-refractivity contribution < 1.29 is 16.8 Å². The molecule has 1 saturated heterocycles. The van der Waals surface area contributed by atoms with Crippen LogP contribution in [-0.4, -0.2) is 39.9 Å². The van der Waals surface area contributed by atoms with Gasteiger partial charge < -0.3 is 5.73 Å². The van der Waals surface area contributed by atoms with Crippen LogP contribution in [0.1, 0.15) is 6.42 Å². The van der Waals surface area contributed by atoms with Crippen molar-refractivity contribution in [1.82, 2.24) is 9.71 Å². The molecule has 0 aromatic carbocycles. The summed E-state index contributed by atoms with van der Waals surface area (Å²) in [5.41, 5.74) is 5.38. The molecule has 1 aromatic rings. The Morgan fingerprint density at radius 3 is 2.68 bits per heavy atom. The number of sulfone groups is 1. The van der Waals surface area contributed by atoms with Crippen LogP contribution >= 0.6 is 0 Å². The van der Waals surface area contributed by atoms with E-state index in [2.05, 4.69) is 9.71 Å². The molecule has 0 radical (unpaired) electrons. The van der Waals surface area contributed by atoms with Crippen molar-refractivity contribution >= 4 is 25.7 Å². The van der Waals surface area contributed by atoms with E-state index in [1.807, 2.05) is 0 Å². The van der Waals surface area contributed by atoms with E-state index in [1.165, 1.54) is 18.3 Å². The Balaban J connectivity index is 2.01. The third-order valence-corrected chi connectivity index (χ3v) is 6.20. The first kappa shape index (κ1) is 14.2. The summed E-state index contributed by atoms with van der Waals surface area (Å²) in [5.74, 6) is 0.237. The molecule has 0 aliphatic carbocycles. The van der Waals surface area contributed by atoms with Crippen LogP contribution in [0.25, 0.3) is 0 Å². The number of pyridine rings is 1. The van der Waals surface area contributed by atoms with Crippen molar-refractivity contribution in [2.75, 3.05) is 23.8 Å². The molecule has 2 heterocycles. The Labute approximate surface area is 112 Å². The number of hydrogen-bond acceptors (Lipinski definition) is 6. The molecular weight excluding hydrogens is 290 g/mol. The van der Waals surface area contributed by atoms with Gasteiger partial charge in [0.25, 0.3) is 0 Å². The first-order chi connectivity index (χ1) is 8.78. The number of nitrogen functional groups attached to an aromatic ring is 1. The molecule has 0 spiro atoms. The average Bonchev–Trinajstić information content (AvgIpc) is 2.67. The van der Waals surface area contributed by atoms with Crippen LogP contribution in [0.5, 0.6) is 0 Å². The van der Waals surface area contributed by atoms with Crippen molar-refractivity contribution in [3.8, 4) is 0 Å². The molecule has 1 aromatic heterocycles. The molecule has 1 fully saturated rings. The summed E-state index contributed by atoms with van der Waals surface area (Å²) in [6, 6.07) is 2.75. The highest BCUT2D eigenvalue weighted by Gasteiger charge is 2.29. The van der Waals surface area contributed by atoms with E-state index >= 15 is 0 Å². The zero-order valence-corrected chi connectivity index (χ0v) is 11.7. The lowest BCUT2D eigenvalue weighted by Gasteiger charge is -2.10. The molecule has 1 aliphatic heterocycles. The first-order valence-electron chi connectivity index (χ1n) is 5.70. The van der Waals surface area contributed by atoms with E-state index in [1.54, 1.807) is 0 Å². The highest BCUT2D eigenvalue weighted by atomic mass is 32.2. The number of aromatic nitrogens is 1. The second kappa shape index (κ2) is 5.06. The van der Waals surface area contributed by atoms with Crippen molar-refractivity contribution in [2.24, 2.45) is 5.92 Å². The second-order valence-corrected chi connectivity index (χ2v) is 8.54. The normalized spacial score (nSPS) is 22.4. The minimum absolute atomic E-state index is 0.0163. The van der Waals surface area contributed by atoms with Crippen LogP contribution in [0.2, 0.25) is 0 Å². The minimum atomic E-state index is -3.66. The van der Waals surface area contributed by atoms with Crippen LogP contribution in [0.4, 0.5) is 5.82 Å². The first-order valence-corrected chi connectivity index (χ1v) is 9.00. The van der Waals surface area contributed by atoms with Crippen LogP contribution < -0.4 is 10.5 Å². The standard InChI is InChI=1S/C10H15N3O4S2/c11-10-2-1-9(6-12-10)19(16,17)13-5-8-3-4-18(14,15)7-8/h1-2,6,8,13H,3-5,7H2,(H2,11,12). The van der Waals surface area contributed by atoms with Gasteiger partial charge in [-0.05, 0) is 24.5 Å². The highest BCUT2D eigenvalue weighted by Crippen LogP contribution is 2.18. The molecule has 106 valence electrons. The highest BCUT2D eigenvalue weighted by molar-refractivity contribution is 7.91. The topological polar surface area (TPSA) is 119 Å². The lowest BCUT2D eigenvalue weighted by Crippen LogP contribution is -2.30. The summed E-state index contributed by atoms with van der Waals surface area (Å²) in [7, 11) is -6.66. The SMILES string of the molecule is Nc1ccc(S(=O)(=O)NCC2CCS(=O)(=O)C2)cn1. The van der Waals surface area contributed by atoms with E-state index in [-0.39, 0.29) is 34.7 Å². The monoisotopic (exact) mass is 305 g/mol. The summed E-state index contributed by atoms with van der Waals surface area (Å²) >= 11 is 0. The van der Waals surface area contributed by atoms with E-state index < -0.39 is 19.9 Å². The molecular formula is C10H15N3O4S2. The largest absolute Gasteiger partial charge is 0.384 e. The maximum atomic E-state index is 11.9. The van der Waals surface area contributed by atoms with Crippen molar-refractivity contribution in [1.29, 1.82) is 0 Å². The van der Waals surface area contributed by atoms with E-state index in [0.29, 0.717) is 6.42 Å². The van der Waals surface area contributed by atoms with Gasteiger partial charge in [0.05, 0.1) is 11.5 Å². The molecule has 0 amide bonds. The summed E-state index contributed by atoms with van der Waals surface area (Å²) in [5, 5.41) is 0. The van der Waals surface area contributed by atoms with Crippen LogP contribution in [0.15, 0.2) is 23.2 Å². The van der Waals surface area contributed by atoms with Gasteiger partial charge in [0.15, 0.2) is 9.84 Å². The molecule has 19 heavy (non-hydrogen) atoms. The molecule has 2 rings (SSSR count). The quantitative estimate of drug-likeness (QED) is 0.765. The predicted octanol–water partition coefficient (Wildman–Crippen LogP) is -0.623. The number of rotatable bonds is 4. The maximum absolute atomic E-state index is 11.9. The minimum Gasteiger partial charge on any atom is -0.384 e. The van der Waals surface area contributed by atoms with Gasteiger partial charge in [-0.15, -0.1) is 0 Å². The molecule has 1 aliphatic rings. The van der Waals surface area contributed by atoms with Crippen molar-refractivity contribution in [2.45, 2.75) is 11.3 Å². The number of nitrogens with one attached hydrogen (secondary N) is 1. The van der Waals surface area contributed by atoms with Crippen LogP contribution in [0, 0.1) is 5.92 Å². The lowest BCUT2D eigenvalue weighted by molar-refractivity contribution is 0.543. The van der Waals surface area contributed by atoms with E-state index in [0.717, 1.165) is 0 Å². The fourth-order valence-electron chi connectivity index (χ4n) is 1.89. The zero-order valence-electron chi connectivity index (χ0n) is 10.1. The van der Waals surface area contributed by atoms with Crippen molar-refractivity contribution in [3.63, 3.8) is 0 Å². The molecule has 3 N–H and O–H groups in total. The van der Waals surface area contributed by atoms with Crippen LogP contribution in [-0.2, 0) is 19.9 Å². The molecule has 1 atom stereocenters. The predicted molar refractivity (Wildman–Crippen MR) is 70.6 cm³/mol. The number of nitrogens with two attached hydrogens (primary N) is 1. The summed E-state index contributed by atoms with van der Waals surface area (Å²) in [6.07, 6.45) is 1.66. The third kappa shape index (κ3) is 3.64. The Morgan fingerprint density at radius 2 is 2.16 bits per heavy atom. The Bertz CT molecular complexity index is 653. The molecule has 0 bridgehead atoms. The van der Waals surface area contributed by atoms with Gasteiger partial charge in [0.2, 0.25) is 10.0 Å². The second-order valence-electron chi connectivity index (χ2n) is 4.54.